The van der Waals surface area contributed by atoms with Crippen molar-refractivity contribution in [1.82, 2.24) is 15.5 Å². The predicted octanol–water partition coefficient (Wildman–Crippen LogP) is 1.09. The highest BCUT2D eigenvalue weighted by atomic mass is 16.5. The van der Waals surface area contributed by atoms with Crippen LogP contribution in [0.1, 0.15) is 34.1 Å². The Kier molecular flexibility index (Phi) is 10.3. The van der Waals surface area contributed by atoms with Gasteiger partial charge in [0.1, 0.15) is 0 Å². The lowest BCUT2D eigenvalue weighted by Gasteiger charge is -2.45. The second-order valence-corrected chi connectivity index (χ2v) is 7.29. The zero-order valence-corrected chi connectivity index (χ0v) is 16.9. The van der Waals surface area contributed by atoms with Crippen molar-refractivity contribution in [3.63, 3.8) is 0 Å². The van der Waals surface area contributed by atoms with Gasteiger partial charge in [0.15, 0.2) is 5.96 Å². The molecule has 0 saturated carbocycles. The van der Waals surface area contributed by atoms with Gasteiger partial charge in [0.25, 0.3) is 0 Å². The summed E-state index contributed by atoms with van der Waals surface area (Å²) >= 11 is 0. The Hall–Kier alpha value is -0.890. The molecule has 0 aromatic heterocycles. The summed E-state index contributed by atoms with van der Waals surface area (Å²) in [4.78, 5) is 6.80. The summed E-state index contributed by atoms with van der Waals surface area (Å²) in [5.74, 6) is 0.833. The lowest BCUT2D eigenvalue weighted by molar-refractivity contribution is -0.0946. The number of hydrogen-bond donors (Lipinski definition) is 2. The smallest absolute Gasteiger partial charge is 0.191 e. The molecule has 1 aliphatic rings. The Morgan fingerprint density at radius 2 is 1.84 bits per heavy atom. The second kappa shape index (κ2) is 11.7. The molecule has 7 nitrogen and oxygen atoms in total. The van der Waals surface area contributed by atoms with Crippen LogP contribution < -0.4 is 10.6 Å². The lowest BCUT2D eigenvalue weighted by atomic mass is 10.00. The molecule has 7 heteroatoms. The number of hydrogen-bond acceptors (Lipinski definition) is 5. The van der Waals surface area contributed by atoms with Crippen molar-refractivity contribution >= 4 is 5.96 Å². The minimum atomic E-state index is 0.0349. The molecular weight excluding hydrogens is 320 g/mol. The molecule has 2 atom stereocenters. The maximum Gasteiger partial charge on any atom is 0.191 e. The van der Waals surface area contributed by atoms with Crippen LogP contribution in [-0.4, -0.2) is 88.8 Å². The number of nitrogens with zero attached hydrogens (tertiary/aromatic N) is 2. The average molecular weight is 359 g/mol. The molecular formula is C18H38N4O3. The first-order valence-electron chi connectivity index (χ1n) is 9.30. The van der Waals surface area contributed by atoms with E-state index < -0.39 is 0 Å². The molecule has 25 heavy (non-hydrogen) atoms. The Balaban J connectivity index is 2.28. The Morgan fingerprint density at radius 1 is 1.16 bits per heavy atom. The molecule has 2 N–H and O–H groups in total. The van der Waals surface area contributed by atoms with Crippen LogP contribution in [-0.2, 0) is 14.2 Å². The highest BCUT2D eigenvalue weighted by Crippen LogP contribution is 2.20. The fourth-order valence-corrected chi connectivity index (χ4v) is 2.93. The van der Waals surface area contributed by atoms with Gasteiger partial charge in [-0.05, 0) is 34.1 Å². The van der Waals surface area contributed by atoms with Crippen LogP contribution in [0.5, 0.6) is 0 Å². The van der Waals surface area contributed by atoms with Crippen molar-refractivity contribution in [3.05, 3.63) is 0 Å². The van der Waals surface area contributed by atoms with Gasteiger partial charge in [0, 0.05) is 52.5 Å². The zero-order valence-electron chi connectivity index (χ0n) is 16.9. The van der Waals surface area contributed by atoms with Gasteiger partial charge in [0.2, 0.25) is 0 Å². The van der Waals surface area contributed by atoms with Crippen LogP contribution in [0.4, 0.5) is 0 Å². The molecule has 1 heterocycles. The maximum atomic E-state index is 5.84. The SMILES string of the molecule is CN=C(NCCCOCCOC)NCC(C)(C)N1CC(C)OC(C)C1. The monoisotopic (exact) mass is 358 g/mol. The van der Waals surface area contributed by atoms with Gasteiger partial charge in [-0.3, -0.25) is 9.89 Å². The number of ether oxygens (including phenoxy) is 3. The van der Waals surface area contributed by atoms with E-state index in [9.17, 15) is 0 Å². The molecule has 0 amide bonds. The number of guanidine groups is 1. The minimum Gasteiger partial charge on any atom is -0.382 e. The largest absolute Gasteiger partial charge is 0.382 e. The average Bonchev–Trinajstić information content (AvgIpc) is 2.56. The molecule has 1 aliphatic heterocycles. The minimum absolute atomic E-state index is 0.0349. The van der Waals surface area contributed by atoms with Gasteiger partial charge in [0.05, 0.1) is 25.4 Å². The van der Waals surface area contributed by atoms with E-state index in [1.165, 1.54) is 0 Å². The molecule has 0 aromatic rings. The second-order valence-electron chi connectivity index (χ2n) is 7.29. The third-order valence-corrected chi connectivity index (χ3v) is 4.38. The van der Waals surface area contributed by atoms with Crippen LogP contribution in [0.25, 0.3) is 0 Å². The number of aliphatic imine (C=N–C) groups is 1. The summed E-state index contributed by atoms with van der Waals surface area (Å²) in [6.45, 7) is 14.4. The van der Waals surface area contributed by atoms with Gasteiger partial charge >= 0.3 is 0 Å². The van der Waals surface area contributed by atoms with Gasteiger partial charge in [-0.25, -0.2) is 0 Å². The maximum absolute atomic E-state index is 5.84. The summed E-state index contributed by atoms with van der Waals surface area (Å²) in [5, 5.41) is 6.78. The van der Waals surface area contributed by atoms with E-state index in [2.05, 4.69) is 48.2 Å². The highest BCUT2D eigenvalue weighted by molar-refractivity contribution is 5.79. The molecule has 0 aromatic carbocycles. The Bertz CT molecular complexity index is 381. The first-order chi connectivity index (χ1) is 11.9. The third-order valence-electron chi connectivity index (χ3n) is 4.38. The molecule has 2 unspecified atom stereocenters. The van der Waals surface area contributed by atoms with E-state index in [1.807, 2.05) is 0 Å². The van der Waals surface area contributed by atoms with Crippen molar-refractivity contribution in [1.29, 1.82) is 0 Å². The van der Waals surface area contributed by atoms with E-state index in [0.717, 1.165) is 45.2 Å². The first kappa shape index (κ1) is 22.2. The fraction of sp³-hybridized carbons (Fsp3) is 0.944. The van der Waals surface area contributed by atoms with Crippen molar-refractivity contribution in [2.75, 3.05) is 60.2 Å². The van der Waals surface area contributed by atoms with Gasteiger partial charge in [-0.2, -0.15) is 0 Å². The molecule has 0 aliphatic carbocycles. The number of methoxy groups -OCH3 is 1. The van der Waals surface area contributed by atoms with Crippen LogP contribution >= 0.6 is 0 Å². The number of morpholine rings is 1. The molecule has 0 bridgehead atoms. The standard InChI is InChI=1S/C18H38N4O3/c1-15-12-22(13-16(2)25-15)18(3,4)14-21-17(19-5)20-8-7-9-24-11-10-23-6/h15-16H,7-14H2,1-6H3,(H2,19,20,21). The van der Waals surface area contributed by atoms with E-state index in [-0.39, 0.29) is 17.7 Å². The summed E-state index contributed by atoms with van der Waals surface area (Å²) in [5.41, 5.74) is 0.0349. The first-order valence-corrected chi connectivity index (χ1v) is 9.30. The van der Waals surface area contributed by atoms with E-state index in [1.54, 1.807) is 14.2 Å². The van der Waals surface area contributed by atoms with Crippen LogP contribution in [0.15, 0.2) is 4.99 Å². The van der Waals surface area contributed by atoms with E-state index in [0.29, 0.717) is 13.2 Å². The molecule has 0 spiro atoms. The lowest BCUT2D eigenvalue weighted by Crippen LogP contribution is -2.59. The molecule has 1 saturated heterocycles. The summed E-state index contributed by atoms with van der Waals surface area (Å²) in [6.07, 6.45) is 1.49. The van der Waals surface area contributed by atoms with Crippen molar-refractivity contribution in [3.8, 4) is 0 Å². The summed E-state index contributed by atoms with van der Waals surface area (Å²) in [6, 6.07) is 0. The summed E-state index contributed by atoms with van der Waals surface area (Å²) < 4.78 is 16.2. The fourth-order valence-electron chi connectivity index (χ4n) is 2.93. The number of nitrogens with one attached hydrogen (secondary N) is 2. The zero-order chi connectivity index (χ0) is 18.7. The van der Waals surface area contributed by atoms with Crippen LogP contribution in [0.3, 0.4) is 0 Å². The van der Waals surface area contributed by atoms with Crippen LogP contribution in [0.2, 0.25) is 0 Å². The van der Waals surface area contributed by atoms with E-state index >= 15 is 0 Å². The normalized spacial score (nSPS) is 22.9. The van der Waals surface area contributed by atoms with Crippen LogP contribution in [0, 0.1) is 0 Å². The van der Waals surface area contributed by atoms with Crippen molar-refractivity contribution in [2.24, 2.45) is 4.99 Å². The van der Waals surface area contributed by atoms with Crippen molar-refractivity contribution in [2.45, 2.75) is 51.9 Å². The Morgan fingerprint density at radius 3 is 2.44 bits per heavy atom. The van der Waals surface area contributed by atoms with E-state index in [4.69, 9.17) is 14.2 Å². The molecule has 0 radical (unpaired) electrons. The van der Waals surface area contributed by atoms with Gasteiger partial charge < -0.3 is 24.8 Å². The predicted molar refractivity (Wildman–Crippen MR) is 102 cm³/mol. The van der Waals surface area contributed by atoms with Gasteiger partial charge in [-0.15, -0.1) is 0 Å². The van der Waals surface area contributed by atoms with Gasteiger partial charge in [-0.1, -0.05) is 0 Å². The molecule has 1 rings (SSSR count). The third kappa shape index (κ3) is 8.85. The number of rotatable bonds is 10. The quantitative estimate of drug-likeness (QED) is 0.346. The van der Waals surface area contributed by atoms with Crippen molar-refractivity contribution < 1.29 is 14.2 Å². The molecule has 1 fully saturated rings. The molecule has 148 valence electrons. The Labute approximate surface area is 153 Å². The highest BCUT2D eigenvalue weighted by Gasteiger charge is 2.33. The topological polar surface area (TPSA) is 67.4 Å². The summed E-state index contributed by atoms with van der Waals surface area (Å²) in [7, 11) is 3.48.